The number of fused-ring (bicyclic) bond motifs is 2. The maximum absolute atomic E-state index is 12.3. The van der Waals surface area contributed by atoms with Gasteiger partial charge in [0.1, 0.15) is 11.6 Å². The van der Waals surface area contributed by atoms with Gasteiger partial charge in [-0.2, -0.15) is 0 Å². The van der Waals surface area contributed by atoms with Crippen LogP contribution in [0.4, 0.5) is 0 Å². The fraction of sp³-hybridized carbons (Fsp3) is 0.357. The van der Waals surface area contributed by atoms with Gasteiger partial charge in [0.15, 0.2) is 0 Å². The third-order valence-corrected chi connectivity index (χ3v) is 6.25. The van der Waals surface area contributed by atoms with Crippen molar-refractivity contribution in [1.82, 2.24) is 14.9 Å². The summed E-state index contributed by atoms with van der Waals surface area (Å²) in [4.78, 5) is 17.2. The molecule has 1 N–H and O–H groups in total. The van der Waals surface area contributed by atoms with E-state index in [0.29, 0.717) is 19.6 Å². The quantitative estimate of drug-likeness (QED) is 0.300. The second-order valence-electron chi connectivity index (χ2n) is 8.43. The van der Waals surface area contributed by atoms with Crippen molar-refractivity contribution < 1.29 is 9.53 Å². The van der Waals surface area contributed by atoms with E-state index >= 15 is 0 Å². The summed E-state index contributed by atoms with van der Waals surface area (Å²) in [5.41, 5.74) is 2.12. The summed E-state index contributed by atoms with van der Waals surface area (Å²) in [6, 6.07) is 22.7. The first-order valence-electron chi connectivity index (χ1n) is 12.0. The standard InChI is InChI=1S/C28H33N3O2/c1-3-21(4-2)28(32)29-17-16-27-30-25-12-7-8-13-26(25)31(27)18-9-19-33-24-15-14-22-10-5-6-11-23(22)20-24/h5-8,10-15,20-21H,3-4,9,16-19H2,1-2H3,(H,29,32). The molecular formula is C28H33N3O2. The molecule has 0 atom stereocenters. The van der Waals surface area contributed by atoms with Crippen LogP contribution in [0, 0.1) is 5.92 Å². The summed E-state index contributed by atoms with van der Waals surface area (Å²) in [5, 5.41) is 5.50. The van der Waals surface area contributed by atoms with Gasteiger partial charge in [-0.15, -0.1) is 0 Å². The number of nitrogens with zero attached hydrogens (tertiary/aromatic N) is 2. The summed E-state index contributed by atoms with van der Waals surface area (Å²) in [6.45, 7) is 6.19. The summed E-state index contributed by atoms with van der Waals surface area (Å²) in [7, 11) is 0. The zero-order chi connectivity index (χ0) is 23.0. The number of aryl methyl sites for hydroxylation is 1. The number of carbonyl (C=O) groups excluding carboxylic acids is 1. The van der Waals surface area contributed by atoms with Crippen LogP contribution in [0.2, 0.25) is 0 Å². The van der Waals surface area contributed by atoms with Gasteiger partial charge in [0.25, 0.3) is 0 Å². The van der Waals surface area contributed by atoms with Crippen molar-refractivity contribution in [3.05, 3.63) is 72.6 Å². The van der Waals surface area contributed by atoms with Gasteiger partial charge in [-0.1, -0.05) is 56.3 Å². The topological polar surface area (TPSA) is 56.2 Å². The average Bonchev–Trinajstić information content (AvgIpc) is 3.20. The molecule has 1 heterocycles. The Hall–Kier alpha value is -3.34. The van der Waals surface area contributed by atoms with Crippen LogP contribution >= 0.6 is 0 Å². The Balaban J connectivity index is 1.37. The fourth-order valence-corrected chi connectivity index (χ4v) is 4.34. The van der Waals surface area contributed by atoms with Gasteiger partial charge in [-0.05, 0) is 54.3 Å². The lowest BCUT2D eigenvalue weighted by Crippen LogP contribution is -2.32. The molecule has 0 aliphatic carbocycles. The van der Waals surface area contributed by atoms with Gasteiger partial charge in [0, 0.05) is 25.4 Å². The highest BCUT2D eigenvalue weighted by Gasteiger charge is 2.15. The second-order valence-corrected chi connectivity index (χ2v) is 8.43. The maximum Gasteiger partial charge on any atom is 0.223 e. The van der Waals surface area contributed by atoms with Gasteiger partial charge in [-0.25, -0.2) is 4.98 Å². The van der Waals surface area contributed by atoms with Crippen molar-refractivity contribution in [2.45, 2.75) is 46.1 Å². The van der Waals surface area contributed by atoms with Crippen LogP contribution in [-0.4, -0.2) is 28.6 Å². The van der Waals surface area contributed by atoms with E-state index < -0.39 is 0 Å². The lowest BCUT2D eigenvalue weighted by molar-refractivity contribution is -0.125. The third kappa shape index (κ3) is 5.54. The van der Waals surface area contributed by atoms with E-state index in [1.165, 1.54) is 10.8 Å². The number of benzene rings is 3. The number of nitrogens with one attached hydrogen (secondary N) is 1. The van der Waals surface area contributed by atoms with Crippen molar-refractivity contribution in [2.24, 2.45) is 5.92 Å². The molecule has 0 unspecified atom stereocenters. The molecule has 0 aliphatic rings. The summed E-state index contributed by atoms with van der Waals surface area (Å²) >= 11 is 0. The van der Waals surface area contributed by atoms with Crippen LogP contribution in [0.5, 0.6) is 5.75 Å². The molecule has 5 nitrogen and oxygen atoms in total. The number of para-hydroxylation sites is 2. The number of hydrogen-bond acceptors (Lipinski definition) is 3. The Kier molecular flexibility index (Phi) is 7.61. The van der Waals surface area contributed by atoms with Crippen molar-refractivity contribution >= 4 is 27.7 Å². The molecule has 0 radical (unpaired) electrons. The molecule has 4 aromatic rings. The Labute approximate surface area is 195 Å². The highest BCUT2D eigenvalue weighted by atomic mass is 16.5. The lowest BCUT2D eigenvalue weighted by Gasteiger charge is -2.14. The Morgan fingerprint density at radius 2 is 1.76 bits per heavy atom. The molecule has 3 aromatic carbocycles. The summed E-state index contributed by atoms with van der Waals surface area (Å²) in [6.07, 6.45) is 3.34. The number of carbonyl (C=O) groups is 1. The molecule has 0 saturated heterocycles. The number of rotatable bonds is 11. The molecule has 33 heavy (non-hydrogen) atoms. The molecule has 0 bridgehead atoms. The fourth-order valence-electron chi connectivity index (χ4n) is 4.34. The van der Waals surface area contributed by atoms with Crippen molar-refractivity contribution in [3.8, 4) is 5.75 Å². The SMILES string of the molecule is CCC(CC)C(=O)NCCc1nc2ccccc2n1CCCOc1ccc2ccccc2c1. The van der Waals surface area contributed by atoms with Crippen LogP contribution in [0.25, 0.3) is 21.8 Å². The zero-order valence-corrected chi connectivity index (χ0v) is 19.6. The highest BCUT2D eigenvalue weighted by Crippen LogP contribution is 2.21. The Morgan fingerprint density at radius 3 is 2.58 bits per heavy atom. The predicted molar refractivity (Wildman–Crippen MR) is 135 cm³/mol. The molecular weight excluding hydrogens is 410 g/mol. The van der Waals surface area contributed by atoms with Crippen molar-refractivity contribution in [2.75, 3.05) is 13.2 Å². The lowest BCUT2D eigenvalue weighted by atomic mass is 10.0. The van der Waals surface area contributed by atoms with Gasteiger partial charge >= 0.3 is 0 Å². The molecule has 0 aliphatic heterocycles. The predicted octanol–water partition coefficient (Wildman–Crippen LogP) is 5.75. The van der Waals surface area contributed by atoms with Crippen molar-refractivity contribution in [3.63, 3.8) is 0 Å². The third-order valence-electron chi connectivity index (χ3n) is 6.25. The minimum absolute atomic E-state index is 0.0936. The van der Waals surface area contributed by atoms with Gasteiger partial charge in [0.05, 0.1) is 17.6 Å². The van der Waals surface area contributed by atoms with E-state index in [2.05, 4.69) is 54.1 Å². The molecule has 1 aromatic heterocycles. The molecule has 0 saturated carbocycles. The van der Waals surface area contributed by atoms with Crippen molar-refractivity contribution in [1.29, 1.82) is 0 Å². The maximum atomic E-state index is 12.3. The van der Waals surface area contributed by atoms with Crippen LogP contribution in [0.15, 0.2) is 66.7 Å². The van der Waals surface area contributed by atoms with E-state index in [4.69, 9.17) is 9.72 Å². The van der Waals surface area contributed by atoms with E-state index in [0.717, 1.165) is 48.4 Å². The van der Waals surface area contributed by atoms with E-state index in [1.54, 1.807) is 0 Å². The van der Waals surface area contributed by atoms with Crippen LogP contribution < -0.4 is 10.1 Å². The highest BCUT2D eigenvalue weighted by molar-refractivity contribution is 5.83. The normalized spacial score (nSPS) is 11.4. The van der Waals surface area contributed by atoms with Gasteiger partial charge in [-0.3, -0.25) is 4.79 Å². The molecule has 1 amide bonds. The van der Waals surface area contributed by atoms with Crippen LogP contribution in [0.1, 0.15) is 38.9 Å². The van der Waals surface area contributed by atoms with Gasteiger partial charge < -0.3 is 14.6 Å². The Bertz CT molecular complexity index is 1210. The second kappa shape index (κ2) is 11.0. The average molecular weight is 444 g/mol. The number of hydrogen-bond donors (Lipinski definition) is 1. The zero-order valence-electron chi connectivity index (χ0n) is 19.6. The van der Waals surface area contributed by atoms with Gasteiger partial charge in [0.2, 0.25) is 5.91 Å². The minimum atomic E-state index is 0.0936. The monoisotopic (exact) mass is 443 g/mol. The van der Waals surface area contributed by atoms with Crippen LogP contribution in [-0.2, 0) is 17.8 Å². The van der Waals surface area contributed by atoms with E-state index in [9.17, 15) is 4.79 Å². The van der Waals surface area contributed by atoms with E-state index in [1.807, 2.05) is 36.4 Å². The number of amides is 1. The summed E-state index contributed by atoms with van der Waals surface area (Å²) < 4.78 is 8.30. The number of imidazole rings is 1. The molecule has 0 spiro atoms. The van der Waals surface area contributed by atoms with E-state index in [-0.39, 0.29) is 11.8 Å². The minimum Gasteiger partial charge on any atom is -0.494 e. The first-order valence-corrected chi connectivity index (χ1v) is 12.0. The molecule has 172 valence electrons. The molecule has 4 rings (SSSR count). The molecule has 0 fully saturated rings. The van der Waals surface area contributed by atoms with Crippen LogP contribution in [0.3, 0.4) is 0 Å². The molecule has 5 heteroatoms. The first-order chi connectivity index (χ1) is 16.2. The first kappa shape index (κ1) is 22.8. The largest absolute Gasteiger partial charge is 0.494 e. The smallest absolute Gasteiger partial charge is 0.223 e. The summed E-state index contributed by atoms with van der Waals surface area (Å²) in [5.74, 6) is 2.14. The number of ether oxygens (including phenoxy) is 1. The Morgan fingerprint density at radius 1 is 1.00 bits per heavy atom. The number of aromatic nitrogens is 2.